The fraction of sp³-hybridized carbons (Fsp3) is 0.500. The molecular formula is C14H22Cl2N2O2. The van der Waals surface area contributed by atoms with Crippen LogP contribution in [0.5, 0.6) is 0 Å². The van der Waals surface area contributed by atoms with Crippen molar-refractivity contribution in [2.45, 2.75) is 13.5 Å². The van der Waals surface area contributed by atoms with E-state index in [4.69, 9.17) is 4.74 Å². The van der Waals surface area contributed by atoms with Crippen LogP contribution in [0.1, 0.15) is 22.8 Å². The van der Waals surface area contributed by atoms with Crippen molar-refractivity contribution >= 4 is 30.8 Å². The van der Waals surface area contributed by atoms with Crippen molar-refractivity contribution in [2.75, 3.05) is 32.8 Å². The maximum atomic E-state index is 11.6. The van der Waals surface area contributed by atoms with Gasteiger partial charge >= 0.3 is 5.97 Å². The highest BCUT2D eigenvalue weighted by molar-refractivity contribution is 5.89. The number of ether oxygens (including phenoxy) is 1. The molecule has 0 saturated carbocycles. The number of rotatable bonds is 4. The highest BCUT2D eigenvalue weighted by Gasteiger charge is 2.11. The topological polar surface area (TPSA) is 41.6 Å². The smallest absolute Gasteiger partial charge is 0.338 e. The van der Waals surface area contributed by atoms with E-state index in [1.54, 1.807) is 6.07 Å². The second kappa shape index (κ2) is 10.00. The molecule has 0 atom stereocenters. The van der Waals surface area contributed by atoms with E-state index >= 15 is 0 Å². The summed E-state index contributed by atoms with van der Waals surface area (Å²) in [5.41, 5.74) is 1.81. The first-order valence-electron chi connectivity index (χ1n) is 6.48. The minimum Gasteiger partial charge on any atom is -0.462 e. The summed E-state index contributed by atoms with van der Waals surface area (Å²) in [7, 11) is 0. The molecule has 0 aliphatic carbocycles. The Bertz CT molecular complexity index is 410. The third-order valence-electron chi connectivity index (χ3n) is 3.05. The quantitative estimate of drug-likeness (QED) is 0.863. The number of carbonyl (C=O) groups is 1. The predicted molar refractivity (Wildman–Crippen MR) is 85.0 cm³/mol. The van der Waals surface area contributed by atoms with Gasteiger partial charge in [-0.15, -0.1) is 24.8 Å². The summed E-state index contributed by atoms with van der Waals surface area (Å²) in [6.07, 6.45) is 0. The summed E-state index contributed by atoms with van der Waals surface area (Å²) in [4.78, 5) is 14.0. The molecule has 6 heteroatoms. The van der Waals surface area contributed by atoms with E-state index in [1.165, 1.54) is 5.56 Å². The second-order valence-electron chi connectivity index (χ2n) is 4.45. The Balaban J connectivity index is 0.00000180. The van der Waals surface area contributed by atoms with Crippen LogP contribution < -0.4 is 5.32 Å². The Hall–Kier alpha value is -0.810. The molecule has 1 aromatic carbocycles. The molecule has 1 N–H and O–H groups in total. The molecule has 20 heavy (non-hydrogen) atoms. The largest absolute Gasteiger partial charge is 0.462 e. The Labute approximate surface area is 132 Å². The number of carbonyl (C=O) groups excluding carboxylic acids is 1. The first-order valence-corrected chi connectivity index (χ1v) is 6.48. The van der Waals surface area contributed by atoms with Gasteiger partial charge in [0.2, 0.25) is 0 Å². The van der Waals surface area contributed by atoms with Crippen LogP contribution in [0.25, 0.3) is 0 Å². The Kier molecular flexibility index (Phi) is 9.59. The molecule has 1 aromatic rings. The molecule has 1 aliphatic rings. The van der Waals surface area contributed by atoms with Gasteiger partial charge in [0.15, 0.2) is 0 Å². The van der Waals surface area contributed by atoms with Gasteiger partial charge in [-0.3, -0.25) is 4.90 Å². The summed E-state index contributed by atoms with van der Waals surface area (Å²) in [6, 6.07) is 7.72. The van der Waals surface area contributed by atoms with Crippen molar-refractivity contribution in [3.8, 4) is 0 Å². The lowest BCUT2D eigenvalue weighted by Gasteiger charge is -2.27. The van der Waals surface area contributed by atoms with Gasteiger partial charge in [-0.05, 0) is 24.6 Å². The van der Waals surface area contributed by atoms with E-state index in [0.29, 0.717) is 12.2 Å². The van der Waals surface area contributed by atoms with Crippen molar-refractivity contribution in [3.63, 3.8) is 0 Å². The van der Waals surface area contributed by atoms with Crippen LogP contribution in [-0.2, 0) is 11.3 Å². The van der Waals surface area contributed by atoms with E-state index in [2.05, 4.69) is 16.3 Å². The fourth-order valence-electron chi connectivity index (χ4n) is 2.14. The highest BCUT2D eigenvalue weighted by atomic mass is 35.5. The number of nitrogens with one attached hydrogen (secondary N) is 1. The number of hydrogen-bond donors (Lipinski definition) is 1. The predicted octanol–water partition coefficient (Wildman–Crippen LogP) is 2.11. The number of hydrogen-bond acceptors (Lipinski definition) is 4. The molecule has 1 aliphatic heterocycles. The van der Waals surface area contributed by atoms with Crippen molar-refractivity contribution in [2.24, 2.45) is 0 Å². The van der Waals surface area contributed by atoms with E-state index in [-0.39, 0.29) is 30.8 Å². The van der Waals surface area contributed by atoms with E-state index in [1.807, 2.05) is 19.1 Å². The minimum absolute atomic E-state index is 0. The Morgan fingerprint density at radius 2 is 2.00 bits per heavy atom. The van der Waals surface area contributed by atoms with Gasteiger partial charge in [0, 0.05) is 32.7 Å². The average Bonchev–Trinajstić information content (AvgIpc) is 2.40. The van der Waals surface area contributed by atoms with Gasteiger partial charge in [0.05, 0.1) is 12.2 Å². The first kappa shape index (κ1) is 19.2. The van der Waals surface area contributed by atoms with Gasteiger partial charge in [-0.25, -0.2) is 4.79 Å². The van der Waals surface area contributed by atoms with Crippen LogP contribution >= 0.6 is 24.8 Å². The fourth-order valence-corrected chi connectivity index (χ4v) is 2.14. The molecule has 0 bridgehead atoms. The standard InChI is InChI=1S/C14H20N2O2.2ClH/c1-2-18-14(17)13-5-3-4-12(10-13)11-16-8-6-15-7-9-16;;/h3-5,10,15H,2,6-9,11H2,1H3;2*1H. The molecule has 1 saturated heterocycles. The molecule has 0 amide bonds. The van der Waals surface area contributed by atoms with Crippen molar-refractivity contribution in [1.29, 1.82) is 0 Å². The zero-order valence-electron chi connectivity index (χ0n) is 11.6. The number of nitrogens with zero attached hydrogens (tertiary/aromatic N) is 1. The molecule has 4 nitrogen and oxygen atoms in total. The summed E-state index contributed by atoms with van der Waals surface area (Å²) < 4.78 is 5.01. The van der Waals surface area contributed by atoms with E-state index < -0.39 is 0 Å². The van der Waals surface area contributed by atoms with Crippen LogP contribution in [0.15, 0.2) is 24.3 Å². The molecule has 0 spiro atoms. The lowest BCUT2D eigenvalue weighted by molar-refractivity contribution is 0.0526. The van der Waals surface area contributed by atoms with Crippen molar-refractivity contribution in [3.05, 3.63) is 35.4 Å². The molecule has 0 unspecified atom stereocenters. The summed E-state index contributed by atoms with van der Waals surface area (Å²) in [6.45, 7) is 7.33. The number of halogens is 2. The van der Waals surface area contributed by atoms with Gasteiger partial charge in [-0.2, -0.15) is 0 Å². The van der Waals surface area contributed by atoms with Crippen molar-refractivity contribution < 1.29 is 9.53 Å². The maximum absolute atomic E-state index is 11.6. The van der Waals surface area contributed by atoms with Gasteiger partial charge in [0.1, 0.15) is 0 Å². The lowest BCUT2D eigenvalue weighted by atomic mass is 10.1. The summed E-state index contributed by atoms with van der Waals surface area (Å²) in [5.74, 6) is -0.236. The van der Waals surface area contributed by atoms with Crippen LogP contribution in [-0.4, -0.2) is 43.7 Å². The number of benzene rings is 1. The van der Waals surface area contributed by atoms with Gasteiger partial charge in [-0.1, -0.05) is 12.1 Å². The van der Waals surface area contributed by atoms with Crippen LogP contribution in [0.2, 0.25) is 0 Å². The molecule has 2 rings (SSSR count). The molecule has 114 valence electrons. The number of esters is 1. The third kappa shape index (κ3) is 5.67. The van der Waals surface area contributed by atoms with Crippen LogP contribution in [0.3, 0.4) is 0 Å². The monoisotopic (exact) mass is 320 g/mol. The molecule has 0 radical (unpaired) electrons. The molecule has 0 aromatic heterocycles. The minimum atomic E-state index is -0.236. The molecule has 1 fully saturated rings. The Morgan fingerprint density at radius 3 is 2.65 bits per heavy atom. The second-order valence-corrected chi connectivity index (χ2v) is 4.45. The zero-order chi connectivity index (χ0) is 12.8. The zero-order valence-corrected chi connectivity index (χ0v) is 13.3. The van der Waals surface area contributed by atoms with Crippen LogP contribution in [0.4, 0.5) is 0 Å². The van der Waals surface area contributed by atoms with Gasteiger partial charge in [0.25, 0.3) is 0 Å². The molecule has 1 heterocycles. The normalized spacial score (nSPS) is 14.8. The Morgan fingerprint density at radius 1 is 1.30 bits per heavy atom. The highest BCUT2D eigenvalue weighted by Crippen LogP contribution is 2.10. The summed E-state index contributed by atoms with van der Waals surface area (Å²) in [5, 5.41) is 3.33. The van der Waals surface area contributed by atoms with E-state index in [9.17, 15) is 4.79 Å². The first-order chi connectivity index (χ1) is 8.79. The van der Waals surface area contributed by atoms with Crippen LogP contribution in [0, 0.1) is 0 Å². The maximum Gasteiger partial charge on any atom is 0.338 e. The lowest BCUT2D eigenvalue weighted by Crippen LogP contribution is -2.42. The molecular weight excluding hydrogens is 299 g/mol. The van der Waals surface area contributed by atoms with E-state index in [0.717, 1.165) is 32.7 Å². The van der Waals surface area contributed by atoms with Crippen molar-refractivity contribution in [1.82, 2.24) is 10.2 Å². The average molecular weight is 321 g/mol. The number of piperazine rings is 1. The SMILES string of the molecule is CCOC(=O)c1cccc(CN2CCNCC2)c1.Cl.Cl. The van der Waals surface area contributed by atoms with Gasteiger partial charge < -0.3 is 10.1 Å². The summed E-state index contributed by atoms with van der Waals surface area (Å²) >= 11 is 0. The third-order valence-corrected chi connectivity index (χ3v) is 3.05.